The molecule has 3 nitrogen and oxygen atoms in total. The summed E-state index contributed by atoms with van der Waals surface area (Å²) in [6.07, 6.45) is 7.67. The molecule has 148 valence electrons. The first-order valence-electron chi connectivity index (χ1n) is 10.6. The van der Waals surface area contributed by atoms with Crippen LogP contribution in [0.1, 0.15) is 54.4 Å². The van der Waals surface area contributed by atoms with E-state index in [1.807, 2.05) is 18.2 Å². The minimum atomic E-state index is -0.895. The van der Waals surface area contributed by atoms with Crippen LogP contribution in [0, 0.1) is 17.8 Å². The van der Waals surface area contributed by atoms with Crippen molar-refractivity contribution in [2.75, 3.05) is 0 Å². The Hall–Kier alpha value is -2.33. The van der Waals surface area contributed by atoms with Crippen molar-refractivity contribution in [2.45, 2.75) is 43.9 Å². The summed E-state index contributed by atoms with van der Waals surface area (Å²) in [4.78, 5) is 12.2. The molecule has 7 rings (SSSR count). The van der Waals surface area contributed by atoms with Crippen molar-refractivity contribution in [1.29, 1.82) is 0 Å². The second-order valence-corrected chi connectivity index (χ2v) is 10.5. The molecule has 0 atom stereocenters. The number of benzene rings is 2. The van der Waals surface area contributed by atoms with E-state index < -0.39 is 5.97 Å². The maximum absolute atomic E-state index is 13.1. The van der Waals surface area contributed by atoms with E-state index in [0.717, 1.165) is 44.5 Å². The van der Waals surface area contributed by atoms with Gasteiger partial charge in [-0.15, -0.1) is 17.1 Å². The average Bonchev–Trinajstić information content (AvgIpc) is 3.16. The summed E-state index contributed by atoms with van der Waals surface area (Å²) >= 11 is 1.45. The lowest BCUT2D eigenvalue weighted by Crippen LogP contribution is -2.48. The Balaban J connectivity index is 1.45. The molecule has 0 unspecified atom stereocenters. The van der Waals surface area contributed by atoms with E-state index in [-0.39, 0.29) is 11.2 Å². The lowest BCUT2D eigenvalue weighted by molar-refractivity contribution is -0.270. The number of hydrogen-bond donors (Lipinski definition) is 1. The molecule has 2 aromatic carbocycles. The molecule has 29 heavy (non-hydrogen) atoms. The van der Waals surface area contributed by atoms with Gasteiger partial charge in [0.15, 0.2) is 0 Å². The number of carboxylic acid groups (broad SMARTS) is 1. The van der Waals surface area contributed by atoms with Crippen LogP contribution in [-0.2, 0) is 5.41 Å². The fourth-order valence-corrected chi connectivity index (χ4v) is 7.77. The van der Waals surface area contributed by atoms with Gasteiger partial charge in [-0.05, 0) is 95.7 Å². The summed E-state index contributed by atoms with van der Waals surface area (Å²) in [5.74, 6) is 1.74. The fraction of sp³-hybridized carbons (Fsp3) is 0.400. The minimum Gasteiger partial charge on any atom is -0.872 e. The zero-order chi connectivity index (χ0) is 19.8. The largest absolute Gasteiger partial charge is 0.872 e. The highest BCUT2D eigenvalue weighted by molar-refractivity contribution is 7.13. The third-order valence-corrected chi connectivity index (χ3v) is 8.66. The predicted molar refractivity (Wildman–Crippen MR) is 114 cm³/mol. The van der Waals surface area contributed by atoms with E-state index in [0.29, 0.717) is 5.56 Å². The van der Waals surface area contributed by atoms with Crippen LogP contribution in [0.2, 0.25) is 0 Å². The van der Waals surface area contributed by atoms with E-state index in [4.69, 9.17) is 0 Å². The Morgan fingerprint density at radius 2 is 1.66 bits per heavy atom. The first-order chi connectivity index (χ1) is 14.0. The lowest BCUT2D eigenvalue weighted by Gasteiger charge is -2.58. The SMILES string of the molecule is O=C(O)c1csc(-c2ccc3cc([O-])c(C45CC6CC(CC(C6)C4)C5)cc3c2)c1. The molecule has 3 aromatic rings. The molecule has 0 radical (unpaired) electrons. The molecule has 4 aliphatic rings. The van der Waals surface area contributed by atoms with Crippen LogP contribution in [0.25, 0.3) is 21.2 Å². The molecular weight excluding hydrogens is 380 g/mol. The van der Waals surface area contributed by atoms with Crippen molar-refractivity contribution in [2.24, 2.45) is 17.8 Å². The maximum Gasteiger partial charge on any atom is 0.336 e. The second kappa shape index (κ2) is 6.09. The lowest BCUT2D eigenvalue weighted by atomic mass is 9.48. The quantitative estimate of drug-likeness (QED) is 0.600. The first-order valence-corrected chi connectivity index (χ1v) is 11.4. The molecule has 4 bridgehead atoms. The number of hydrogen-bond acceptors (Lipinski definition) is 3. The highest BCUT2D eigenvalue weighted by atomic mass is 32.1. The molecule has 4 fully saturated rings. The van der Waals surface area contributed by atoms with Gasteiger partial charge in [0.2, 0.25) is 0 Å². The second-order valence-electron chi connectivity index (χ2n) is 9.61. The van der Waals surface area contributed by atoms with Crippen LogP contribution in [-0.4, -0.2) is 11.1 Å². The van der Waals surface area contributed by atoms with Crippen molar-refractivity contribution in [1.82, 2.24) is 0 Å². The zero-order valence-electron chi connectivity index (χ0n) is 16.2. The summed E-state index contributed by atoms with van der Waals surface area (Å²) in [5.41, 5.74) is 2.48. The number of thiophene rings is 1. The average molecular weight is 404 g/mol. The first kappa shape index (κ1) is 17.5. The summed E-state index contributed by atoms with van der Waals surface area (Å²) in [6, 6.07) is 11.8. The number of carboxylic acids is 1. The Kier molecular flexibility index (Phi) is 3.68. The van der Waals surface area contributed by atoms with Crippen molar-refractivity contribution in [3.63, 3.8) is 0 Å². The maximum atomic E-state index is 13.1. The molecule has 0 spiro atoms. The third kappa shape index (κ3) is 2.72. The summed E-state index contributed by atoms with van der Waals surface area (Å²) in [5, 5.41) is 26.1. The van der Waals surface area contributed by atoms with Crippen molar-refractivity contribution in [3.05, 3.63) is 52.9 Å². The summed E-state index contributed by atoms with van der Waals surface area (Å²) in [7, 11) is 0. The Morgan fingerprint density at radius 3 is 2.28 bits per heavy atom. The topological polar surface area (TPSA) is 60.4 Å². The number of rotatable bonds is 3. The molecule has 1 heterocycles. The molecule has 1 aromatic heterocycles. The third-order valence-electron chi connectivity index (χ3n) is 7.68. The van der Waals surface area contributed by atoms with Gasteiger partial charge in [0, 0.05) is 10.3 Å². The highest BCUT2D eigenvalue weighted by Crippen LogP contribution is 2.61. The van der Waals surface area contributed by atoms with Gasteiger partial charge in [-0.3, -0.25) is 0 Å². The molecule has 0 amide bonds. The zero-order valence-corrected chi connectivity index (χ0v) is 17.0. The number of carbonyl (C=O) groups is 1. The molecule has 4 saturated carbocycles. The minimum absolute atomic E-state index is 0.0927. The van der Waals surface area contributed by atoms with Crippen LogP contribution in [0.4, 0.5) is 0 Å². The Bertz CT molecular complexity index is 1110. The molecule has 0 aliphatic heterocycles. The Labute approximate surface area is 174 Å². The van der Waals surface area contributed by atoms with Crippen LogP contribution in [0.15, 0.2) is 41.8 Å². The van der Waals surface area contributed by atoms with E-state index in [1.165, 1.54) is 49.9 Å². The molecule has 1 N–H and O–H groups in total. The smallest absolute Gasteiger partial charge is 0.336 e. The van der Waals surface area contributed by atoms with Gasteiger partial charge in [-0.2, -0.15) is 0 Å². The van der Waals surface area contributed by atoms with Gasteiger partial charge in [0.1, 0.15) is 0 Å². The van der Waals surface area contributed by atoms with Gasteiger partial charge < -0.3 is 10.2 Å². The molecule has 4 aliphatic carbocycles. The van der Waals surface area contributed by atoms with Gasteiger partial charge in [-0.25, -0.2) is 4.79 Å². The summed E-state index contributed by atoms with van der Waals surface area (Å²) < 4.78 is 0. The highest BCUT2D eigenvalue weighted by Gasteiger charge is 2.51. The van der Waals surface area contributed by atoms with Crippen LogP contribution in [0.5, 0.6) is 5.75 Å². The number of aromatic carboxylic acids is 1. The number of fused-ring (bicyclic) bond motifs is 1. The Morgan fingerprint density at radius 1 is 0.966 bits per heavy atom. The fourth-order valence-electron chi connectivity index (χ4n) is 6.88. The molecule has 4 heteroatoms. The van der Waals surface area contributed by atoms with Crippen molar-refractivity contribution >= 4 is 28.1 Å². The van der Waals surface area contributed by atoms with Crippen molar-refractivity contribution in [3.8, 4) is 16.2 Å². The monoisotopic (exact) mass is 403 g/mol. The standard InChI is InChI=1S/C25H24O3S/c26-22-8-17-1-2-18(23-9-20(13-29-23)24(27)28)6-19(17)7-21(22)25-10-14-3-15(11-25)5-16(4-14)12-25/h1-2,6-9,13-16,26H,3-5,10-12H2,(H,27,28)/p-1. The van der Waals surface area contributed by atoms with E-state index in [9.17, 15) is 15.0 Å². The van der Waals surface area contributed by atoms with E-state index in [2.05, 4.69) is 12.1 Å². The van der Waals surface area contributed by atoms with Gasteiger partial charge in [0.05, 0.1) is 5.56 Å². The van der Waals surface area contributed by atoms with E-state index in [1.54, 1.807) is 11.4 Å². The van der Waals surface area contributed by atoms with Gasteiger partial charge in [0.25, 0.3) is 0 Å². The van der Waals surface area contributed by atoms with Gasteiger partial charge in [-0.1, -0.05) is 24.3 Å². The molecular formula is C25H23O3S-. The van der Waals surface area contributed by atoms with Crippen LogP contribution in [0.3, 0.4) is 0 Å². The summed E-state index contributed by atoms with van der Waals surface area (Å²) in [6.45, 7) is 0. The predicted octanol–water partition coefficient (Wildman–Crippen LogP) is 5.81. The van der Waals surface area contributed by atoms with Crippen molar-refractivity contribution < 1.29 is 15.0 Å². The van der Waals surface area contributed by atoms with Gasteiger partial charge >= 0.3 is 5.97 Å². The van der Waals surface area contributed by atoms with Crippen LogP contribution < -0.4 is 5.11 Å². The van der Waals surface area contributed by atoms with E-state index >= 15 is 0 Å². The normalized spacial score (nSPS) is 30.1. The molecule has 0 saturated heterocycles. The van der Waals surface area contributed by atoms with Crippen LogP contribution >= 0.6 is 11.3 Å².